The van der Waals surface area contributed by atoms with E-state index in [-0.39, 0.29) is 41.6 Å². The average molecular weight is 623 g/mol. The molecule has 0 bridgehead atoms. The molecule has 12 nitrogen and oxygen atoms in total. The van der Waals surface area contributed by atoms with Crippen molar-refractivity contribution in [3.8, 4) is 11.5 Å². The number of phenolic OH excluding ortho intramolecular Hbond substituents is 1. The van der Waals surface area contributed by atoms with Crippen LogP contribution in [0.15, 0.2) is 16.9 Å². The molecule has 0 aromatic heterocycles. The van der Waals surface area contributed by atoms with Crippen molar-refractivity contribution in [1.82, 2.24) is 9.80 Å². The van der Waals surface area contributed by atoms with E-state index < -0.39 is 93.1 Å². The molecular weight excluding hydrogens is 589 g/mol. The number of carbonyl (C=O) groups excluding carboxylic acids is 3. The van der Waals surface area contributed by atoms with Crippen LogP contribution in [0.5, 0.6) is 11.5 Å². The maximum Gasteiger partial charge on any atom is 0.573 e. The van der Waals surface area contributed by atoms with Crippen LogP contribution in [0.25, 0.3) is 5.76 Å². The molecule has 6 rings (SSSR count). The number of rotatable bonds is 3. The van der Waals surface area contributed by atoms with Crippen LogP contribution in [0, 0.1) is 17.8 Å². The quantitative estimate of drug-likeness (QED) is 0.213. The number of hydrogen-bond acceptors (Lipinski definition) is 11. The number of likely N-dealkylation sites (tertiary alicyclic amines) is 1. The number of hydrogen-bond donors (Lipinski definition) is 6. The number of ether oxygens (including phenoxy) is 1. The first-order valence-electron chi connectivity index (χ1n) is 14.2. The summed E-state index contributed by atoms with van der Waals surface area (Å²) in [5.74, 6) is -9.43. The second kappa shape index (κ2) is 9.59. The highest BCUT2D eigenvalue weighted by Crippen LogP contribution is 2.60. The Morgan fingerprint density at radius 2 is 1.84 bits per heavy atom. The zero-order valence-electron chi connectivity index (χ0n) is 24.3. The fourth-order valence-electron chi connectivity index (χ4n) is 8.27. The molecule has 1 amide bonds. The van der Waals surface area contributed by atoms with Crippen LogP contribution < -0.4 is 15.8 Å². The summed E-state index contributed by atoms with van der Waals surface area (Å²) in [6.07, 6.45) is -5.08. The molecule has 1 aromatic rings. The molecular formula is C29H33F3N4O8. The Labute approximate surface area is 249 Å². The van der Waals surface area contributed by atoms with Crippen molar-refractivity contribution in [1.29, 1.82) is 0 Å². The summed E-state index contributed by atoms with van der Waals surface area (Å²) in [4.78, 5) is 42.8. The van der Waals surface area contributed by atoms with E-state index in [0.29, 0.717) is 13.0 Å². The molecule has 7 N–H and O–H groups in total. The van der Waals surface area contributed by atoms with Crippen molar-refractivity contribution in [2.75, 3.05) is 33.0 Å². The second-order valence-electron chi connectivity index (χ2n) is 12.7. The van der Waals surface area contributed by atoms with Crippen molar-refractivity contribution in [2.24, 2.45) is 23.5 Å². The van der Waals surface area contributed by atoms with E-state index in [0.717, 1.165) is 0 Å². The van der Waals surface area contributed by atoms with Crippen LogP contribution in [-0.2, 0) is 20.8 Å². The van der Waals surface area contributed by atoms with Gasteiger partial charge >= 0.3 is 6.36 Å². The van der Waals surface area contributed by atoms with E-state index >= 15 is 0 Å². The topological polar surface area (TPSA) is 186 Å². The number of nitrogens with one attached hydrogen (secondary N) is 1. The fourth-order valence-corrected chi connectivity index (χ4v) is 8.27. The molecule has 2 fully saturated rings. The minimum atomic E-state index is -5.15. The molecule has 1 saturated carbocycles. The lowest BCUT2D eigenvalue weighted by Crippen LogP contribution is -2.65. The van der Waals surface area contributed by atoms with Crippen molar-refractivity contribution in [3.63, 3.8) is 0 Å². The van der Waals surface area contributed by atoms with Gasteiger partial charge in [0.15, 0.2) is 17.1 Å². The fraction of sp³-hybridized carbons (Fsp3) is 0.552. The Hall–Kier alpha value is -3.82. The van der Waals surface area contributed by atoms with E-state index in [9.17, 15) is 48.0 Å². The lowest BCUT2D eigenvalue weighted by atomic mass is 9.57. The van der Waals surface area contributed by atoms with Gasteiger partial charge in [-0.1, -0.05) is 0 Å². The van der Waals surface area contributed by atoms with Gasteiger partial charge in [0.2, 0.25) is 5.78 Å². The summed E-state index contributed by atoms with van der Waals surface area (Å²) in [6.45, 7) is 2.26. The van der Waals surface area contributed by atoms with Gasteiger partial charge in [-0.05, 0) is 59.2 Å². The third kappa shape index (κ3) is 3.91. The highest BCUT2D eigenvalue weighted by atomic mass is 19.4. The number of phenols is 1. The van der Waals surface area contributed by atoms with Crippen molar-refractivity contribution < 1.29 is 52.7 Å². The van der Waals surface area contributed by atoms with E-state index in [1.807, 2.05) is 11.8 Å². The lowest BCUT2D eigenvalue weighted by Gasteiger charge is -2.50. The van der Waals surface area contributed by atoms with Crippen LogP contribution in [0.3, 0.4) is 0 Å². The molecule has 3 aliphatic carbocycles. The number of aromatic hydroxyl groups is 1. The molecule has 2 aliphatic heterocycles. The molecule has 0 radical (unpaired) electrons. The molecule has 7 atom stereocenters. The van der Waals surface area contributed by atoms with Crippen LogP contribution in [-0.4, -0.2) is 99.4 Å². The van der Waals surface area contributed by atoms with Gasteiger partial charge in [-0.2, -0.15) is 0 Å². The molecule has 1 saturated heterocycles. The van der Waals surface area contributed by atoms with Gasteiger partial charge in [-0.15, -0.1) is 13.2 Å². The molecule has 0 spiro atoms. The number of alkyl halides is 3. The number of aliphatic hydroxyl groups is 3. The molecule has 15 heteroatoms. The van der Waals surface area contributed by atoms with Crippen LogP contribution in [0.1, 0.15) is 42.5 Å². The first-order valence-corrected chi connectivity index (χ1v) is 14.2. The predicted molar refractivity (Wildman–Crippen MR) is 147 cm³/mol. The third-order valence-corrected chi connectivity index (χ3v) is 10.2. The number of nitrogens with zero attached hydrogens (tertiary/aromatic N) is 2. The van der Waals surface area contributed by atoms with Crippen molar-refractivity contribution in [2.45, 2.75) is 56.3 Å². The minimum absolute atomic E-state index is 0.0148. The van der Waals surface area contributed by atoms with Gasteiger partial charge in [0.1, 0.15) is 22.8 Å². The number of aliphatic hydroxyl groups excluding tert-OH is 2. The van der Waals surface area contributed by atoms with E-state index in [2.05, 4.69) is 10.1 Å². The molecule has 5 aliphatic rings. The van der Waals surface area contributed by atoms with Gasteiger partial charge < -0.3 is 36.2 Å². The number of anilines is 1. The number of Topliss-reactive ketones (excluding diaryl/α,β-unsaturated/α-hetero) is 2. The van der Waals surface area contributed by atoms with Crippen molar-refractivity contribution in [3.05, 3.63) is 33.6 Å². The number of nitrogens with two attached hydrogens (primary N) is 1. The summed E-state index contributed by atoms with van der Waals surface area (Å²) in [5.41, 5.74) is 0.395. The van der Waals surface area contributed by atoms with Gasteiger partial charge in [-0.3, -0.25) is 24.2 Å². The molecule has 44 heavy (non-hydrogen) atoms. The number of fused-ring (bicyclic) bond motifs is 6. The number of carbonyl (C=O) groups is 3. The Kier molecular flexibility index (Phi) is 6.58. The highest BCUT2D eigenvalue weighted by molar-refractivity contribution is 6.24. The maximum absolute atomic E-state index is 14.1. The van der Waals surface area contributed by atoms with E-state index in [4.69, 9.17) is 5.73 Å². The van der Waals surface area contributed by atoms with Gasteiger partial charge in [0.25, 0.3) is 5.91 Å². The highest BCUT2D eigenvalue weighted by Gasteiger charge is 2.64. The van der Waals surface area contributed by atoms with Crippen LogP contribution in [0.4, 0.5) is 18.9 Å². The first-order chi connectivity index (χ1) is 20.4. The monoisotopic (exact) mass is 622 g/mol. The molecule has 3 unspecified atom stereocenters. The third-order valence-electron chi connectivity index (χ3n) is 10.2. The van der Waals surface area contributed by atoms with E-state index in [1.54, 1.807) is 7.05 Å². The minimum Gasteiger partial charge on any atom is -0.508 e. The number of ketones is 2. The summed E-state index contributed by atoms with van der Waals surface area (Å²) in [6, 6.07) is -1.86. The first kappa shape index (κ1) is 30.2. The molecule has 238 valence electrons. The molecule has 2 heterocycles. The van der Waals surface area contributed by atoms with Gasteiger partial charge in [-0.25, -0.2) is 0 Å². The summed E-state index contributed by atoms with van der Waals surface area (Å²) >= 11 is 0. The summed E-state index contributed by atoms with van der Waals surface area (Å²) in [5, 5.41) is 48.8. The smallest absolute Gasteiger partial charge is 0.508 e. The normalized spacial score (nSPS) is 33.4. The predicted octanol–water partition coefficient (Wildman–Crippen LogP) is 1.67. The second-order valence-corrected chi connectivity index (χ2v) is 12.7. The molecule has 1 aromatic carbocycles. The average Bonchev–Trinajstić information content (AvgIpc) is 3.20. The number of halogens is 3. The summed E-state index contributed by atoms with van der Waals surface area (Å²) < 4.78 is 46.6. The Morgan fingerprint density at radius 3 is 2.43 bits per heavy atom. The Balaban J connectivity index is 1.61. The lowest BCUT2D eigenvalue weighted by molar-refractivity contribution is -0.275. The zero-order chi connectivity index (χ0) is 32.4. The van der Waals surface area contributed by atoms with Gasteiger partial charge in [0.05, 0.1) is 17.3 Å². The number of benzene rings is 1. The zero-order valence-corrected chi connectivity index (χ0v) is 24.3. The SMILES string of the molecule is CC1CC2CNc3c(O)c4c(c(OC(F)(F)F)c3C2N1C)C[C@@H]1C[C@@H]2[C@@H](N(C)C)C(=O)C(C(N)=O)=C(O)[C@@]2(O)C(=O)C1=C4O. The standard InChI is InChI=1S/C29H33F3N4O8/c1-9-5-11-8-34-18-16(19(11)36(9)4)24(44-29(30,31)32)12-6-10-7-13-20(35(2)3)23(39)17(27(33)42)26(41)28(13,43)25(40)14(10)21(37)15(12)22(18)38/h9-11,13,19-20,34,37-38,41,43H,5-8H2,1-4H3,(H2,33,42)/t9?,10-,11?,13-,19?,20-,28+/m1/s1. The largest absolute Gasteiger partial charge is 0.573 e. The van der Waals surface area contributed by atoms with Crippen molar-refractivity contribution >= 4 is 28.9 Å². The van der Waals surface area contributed by atoms with Crippen LogP contribution in [0.2, 0.25) is 0 Å². The summed E-state index contributed by atoms with van der Waals surface area (Å²) in [7, 11) is 4.68. The van der Waals surface area contributed by atoms with E-state index in [1.165, 1.54) is 19.0 Å². The number of likely N-dealkylation sites (N-methyl/N-ethyl adjacent to an activating group) is 1. The van der Waals surface area contributed by atoms with Gasteiger partial charge in [0, 0.05) is 41.2 Å². The Bertz CT molecular complexity index is 1590. The van der Waals surface area contributed by atoms with Crippen LogP contribution >= 0.6 is 0 Å². The number of amides is 1. The maximum atomic E-state index is 14.1. The number of primary amides is 1. The Morgan fingerprint density at radius 1 is 1.18 bits per heavy atom.